The third-order valence-electron chi connectivity index (χ3n) is 5.04. The number of halogens is 1. The Hall–Kier alpha value is -2.62. The van der Waals surface area contributed by atoms with Gasteiger partial charge in [0.1, 0.15) is 10.8 Å². The highest BCUT2D eigenvalue weighted by Crippen LogP contribution is 2.25. The minimum Gasteiger partial charge on any atom is -0.326 e. The molecule has 1 saturated heterocycles. The van der Waals surface area contributed by atoms with Crippen LogP contribution in [0, 0.1) is 5.82 Å². The maximum atomic E-state index is 13.4. The van der Waals surface area contributed by atoms with Crippen LogP contribution in [0.4, 0.5) is 10.1 Å². The summed E-state index contributed by atoms with van der Waals surface area (Å²) in [5.74, 6) is -0.644. The molecule has 1 amide bonds. The molecule has 162 valence electrons. The highest BCUT2D eigenvalue weighted by Gasteiger charge is 2.26. The molecule has 9 heteroatoms. The predicted octanol–water partition coefficient (Wildman–Crippen LogP) is 4.31. The number of nitrogens with zero attached hydrogens (tertiary/aromatic N) is 2. The van der Waals surface area contributed by atoms with Crippen LogP contribution in [0.3, 0.4) is 0 Å². The van der Waals surface area contributed by atoms with Gasteiger partial charge in [-0.1, -0.05) is 24.6 Å². The molecule has 6 nitrogen and oxygen atoms in total. The van der Waals surface area contributed by atoms with Gasteiger partial charge in [-0.25, -0.2) is 17.8 Å². The fourth-order valence-corrected chi connectivity index (χ4v) is 5.88. The molecule has 1 aromatic heterocycles. The highest BCUT2D eigenvalue weighted by molar-refractivity contribution is 7.89. The van der Waals surface area contributed by atoms with Crippen LogP contribution in [-0.4, -0.2) is 36.7 Å². The van der Waals surface area contributed by atoms with Crippen LogP contribution >= 0.6 is 11.3 Å². The van der Waals surface area contributed by atoms with Gasteiger partial charge >= 0.3 is 0 Å². The van der Waals surface area contributed by atoms with Gasteiger partial charge in [0.25, 0.3) is 0 Å². The van der Waals surface area contributed by atoms with Crippen molar-refractivity contribution in [1.29, 1.82) is 0 Å². The molecule has 0 saturated carbocycles. The third-order valence-corrected chi connectivity index (χ3v) is 7.87. The number of hydrogen-bond donors (Lipinski definition) is 1. The molecule has 1 aliphatic rings. The monoisotopic (exact) mass is 459 g/mol. The van der Waals surface area contributed by atoms with Crippen LogP contribution in [0.1, 0.15) is 25.0 Å². The number of hydrogen-bond acceptors (Lipinski definition) is 5. The first-order chi connectivity index (χ1) is 14.9. The van der Waals surface area contributed by atoms with E-state index in [1.807, 2.05) is 0 Å². The van der Waals surface area contributed by atoms with Crippen molar-refractivity contribution in [2.75, 3.05) is 18.4 Å². The normalized spacial score (nSPS) is 15.0. The quantitative estimate of drug-likeness (QED) is 0.596. The zero-order valence-corrected chi connectivity index (χ0v) is 18.4. The van der Waals surface area contributed by atoms with Crippen molar-refractivity contribution in [3.63, 3.8) is 0 Å². The molecular weight excluding hydrogens is 437 g/mol. The van der Waals surface area contributed by atoms with Crippen LogP contribution in [-0.2, 0) is 21.2 Å². The number of benzene rings is 2. The number of sulfonamides is 1. The van der Waals surface area contributed by atoms with Crippen molar-refractivity contribution >= 4 is 33.0 Å². The van der Waals surface area contributed by atoms with E-state index in [-0.39, 0.29) is 23.0 Å². The minimum atomic E-state index is -3.57. The average molecular weight is 460 g/mol. The molecule has 31 heavy (non-hydrogen) atoms. The summed E-state index contributed by atoms with van der Waals surface area (Å²) in [5.41, 5.74) is 1.65. The second-order valence-corrected chi connectivity index (χ2v) is 10.2. The summed E-state index contributed by atoms with van der Waals surface area (Å²) in [7, 11) is -3.57. The standard InChI is InChI=1S/C22H22FN3O3S2/c23-17-7-4-6-16(12-17)22-25-19(15-30-22)14-21(27)24-18-8-5-9-20(13-18)31(28,29)26-10-2-1-3-11-26/h4-9,12-13,15H,1-3,10-11,14H2,(H,24,27). The van der Waals surface area contributed by atoms with Crippen LogP contribution < -0.4 is 5.32 Å². The number of carbonyl (C=O) groups excluding carboxylic acids is 1. The number of nitrogens with one attached hydrogen (secondary N) is 1. The van der Waals surface area contributed by atoms with E-state index < -0.39 is 10.0 Å². The molecule has 0 aliphatic carbocycles. The molecule has 0 unspecified atom stereocenters. The maximum Gasteiger partial charge on any atom is 0.243 e. The number of aromatic nitrogens is 1. The van der Waals surface area contributed by atoms with E-state index in [4.69, 9.17) is 0 Å². The Morgan fingerprint density at radius 1 is 1.10 bits per heavy atom. The van der Waals surface area contributed by atoms with Crippen LogP contribution in [0.5, 0.6) is 0 Å². The zero-order chi connectivity index (χ0) is 21.8. The van der Waals surface area contributed by atoms with Crippen LogP contribution in [0.2, 0.25) is 0 Å². The molecule has 0 spiro atoms. The number of amides is 1. The van der Waals surface area contributed by atoms with Gasteiger partial charge in [-0.15, -0.1) is 11.3 Å². The maximum absolute atomic E-state index is 13.4. The summed E-state index contributed by atoms with van der Waals surface area (Å²) in [6.07, 6.45) is 2.80. The molecule has 0 atom stereocenters. The zero-order valence-electron chi connectivity index (χ0n) is 16.8. The first kappa shape index (κ1) is 21.6. The Morgan fingerprint density at radius 2 is 1.87 bits per heavy atom. The summed E-state index contributed by atoms with van der Waals surface area (Å²) in [5, 5.41) is 5.14. The van der Waals surface area contributed by atoms with Crippen molar-refractivity contribution in [3.8, 4) is 10.6 Å². The molecule has 3 aromatic rings. The molecular formula is C22H22FN3O3S2. The number of carbonyl (C=O) groups is 1. The van der Waals surface area contributed by atoms with E-state index in [9.17, 15) is 17.6 Å². The molecule has 1 aliphatic heterocycles. The first-order valence-electron chi connectivity index (χ1n) is 10.0. The Balaban J connectivity index is 1.43. The van der Waals surface area contributed by atoms with Crippen LogP contribution in [0.25, 0.3) is 10.6 Å². The summed E-state index contributed by atoms with van der Waals surface area (Å²) < 4.78 is 40.6. The van der Waals surface area contributed by atoms with Crippen LogP contribution in [0.15, 0.2) is 58.8 Å². The second-order valence-electron chi connectivity index (χ2n) is 7.37. The van der Waals surface area contributed by atoms with Crippen molar-refractivity contribution in [2.45, 2.75) is 30.6 Å². The van der Waals surface area contributed by atoms with E-state index in [1.54, 1.807) is 35.7 Å². The summed E-state index contributed by atoms with van der Waals surface area (Å²) >= 11 is 1.34. The lowest BCUT2D eigenvalue weighted by molar-refractivity contribution is -0.115. The van der Waals surface area contributed by atoms with Gasteiger partial charge in [-0.2, -0.15) is 4.31 Å². The summed E-state index contributed by atoms with van der Waals surface area (Å²) in [6, 6.07) is 12.5. The van der Waals surface area contributed by atoms with E-state index >= 15 is 0 Å². The van der Waals surface area contributed by atoms with Crippen molar-refractivity contribution in [2.24, 2.45) is 0 Å². The van der Waals surface area contributed by atoms with Gasteiger partial charge in [0.15, 0.2) is 0 Å². The summed E-state index contributed by atoms with van der Waals surface area (Å²) in [4.78, 5) is 17.1. The number of piperidine rings is 1. The Kier molecular flexibility index (Phi) is 6.45. The van der Waals surface area contributed by atoms with E-state index in [0.717, 1.165) is 19.3 Å². The first-order valence-corrected chi connectivity index (χ1v) is 12.3. The Bertz CT molecular complexity index is 1190. The van der Waals surface area contributed by atoms with Gasteiger partial charge in [0.2, 0.25) is 15.9 Å². The number of rotatable bonds is 6. The lowest BCUT2D eigenvalue weighted by Gasteiger charge is -2.26. The molecule has 1 fully saturated rings. The molecule has 0 bridgehead atoms. The number of thiazole rings is 1. The average Bonchev–Trinajstić information content (AvgIpc) is 3.23. The third kappa shape index (κ3) is 5.17. The summed E-state index contributed by atoms with van der Waals surface area (Å²) in [6.45, 7) is 1.05. The Morgan fingerprint density at radius 3 is 2.65 bits per heavy atom. The Labute approximate surface area is 184 Å². The van der Waals surface area contributed by atoms with Gasteiger partial charge < -0.3 is 5.32 Å². The second kappa shape index (κ2) is 9.25. The van der Waals surface area contributed by atoms with Crippen molar-refractivity contribution < 1.29 is 17.6 Å². The molecule has 1 N–H and O–H groups in total. The molecule has 0 radical (unpaired) electrons. The van der Waals surface area contributed by atoms with E-state index in [0.29, 0.717) is 35.0 Å². The van der Waals surface area contributed by atoms with Gasteiger partial charge in [-0.3, -0.25) is 4.79 Å². The largest absolute Gasteiger partial charge is 0.326 e. The van der Waals surface area contributed by atoms with Gasteiger partial charge in [0, 0.05) is 29.7 Å². The van der Waals surface area contributed by atoms with Gasteiger partial charge in [0.05, 0.1) is 17.0 Å². The molecule has 4 rings (SSSR count). The fraction of sp³-hybridized carbons (Fsp3) is 0.273. The van der Waals surface area contributed by atoms with E-state index in [2.05, 4.69) is 10.3 Å². The number of anilines is 1. The highest BCUT2D eigenvalue weighted by atomic mass is 32.2. The SMILES string of the molecule is O=C(Cc1csc(-c2cccc(F)c2)n1)Nc1cccc(S(=O)(=O)N2CCCCC2)c1. The van der Waals surface area contributed by atoms with Crippen molar-refractivity contribution in [1.82, 2.24) is 9.29 Å². The topological polar surface area (TPSA) is 79.4 Å². The molecule has 2 aromatic carbocycles. The van der Waals surface area contributed by atoms with E-state index in [1.165, 1.54) is 33.8 Å². The lowest BCUT2D eigenvalue weighted by atomic mass is 10.2. The van der Waals surface area contributed by atoms with Crippen molar-refractivity contribution in [3.05, 3.63) is 65.4 Å². The lowest BCUT2D eigenvalue weighted by Crippen LogP contribution is -2.35. The fourth-order valence-electron chi connectivity index (χ4n) is 3.50. The minimum absolute atomic E-state index is 0.0366. The van der Waals surface area contributed by atoms with Gasteiger partial charge in [-0.05, 0) is 43.2 Å². The molecule has 2 heterocycles. The predicted molar refractivity (Wildman–Crippen MR) is 119 cm³/mol. The smallest absolute Gasteiger partial charge is 0.243 e.